The molecule has 118 valence electrons. The molecule has 21 heavy (non-hydrogen) atoms. The minimum absolute atomic E-state index is 0.0651. The normalized spacial score (nSPS) is 17.9. The summed E-state index contributed by atoms with van der Waals surface area (Å²) in [7, 11) is 0. The fourth-order valence-electron chi connectivity index (χ4n) is 3.04. The van der Waals surface area contributed by atoms with E-state index in [9.17, 15) is 13.6 Å². The first-order chi connectivity index (χ1) is 10.0. The van der Waals surface area contributed by atoms with Crippen molar-refractivity contribution in [2.75, 3.05) is 5.32 Å². The van der Waals surface area contributed by atoms with Gasteiger partial charge in [0.25, 0.3) is 6.43 Å². The second-order valence-corrected chi connectivity index (χ2v) is 5.97. The van der Waals surface area contributed by atoms with Gasteiger partial charge in [0.05, 0.1) is 11.9 Å². The Morgan fingerprint density at radius 1 is 1.43 bits per heavy atom. The zero-order chi connectivity index (χ0) is 15.2. The lowest BCUT2D eigenvalue weighted by Gasteiger charge is -2.27. The molecular formula is C15H23F2N3O. The van der Waals surface area contributed by atoms with E-state index in [0.29, 0.717) is 23.9 Å². The SMILES string of the molecule is CC(CC(=O)Nc1cnn(CC(F)F)c1)C1CCCCC1. The Morgan fingerprint density at radius 2 is 2.14 bits per heavy atom. The highest BCUT2D eigenvalue weighted by molar-refractivity contribution is 5.90. The predicted molar refractivity (Wildman–Crippen MR) is 77.2 cm³/mol. The van der Waals surface area contributed by atoms with Gasteiger partial charge in [-0.05, 0) is 11.8 Å². The number of nitrogens with zero attached hydrogens (tertiary/aromatic N) is 2. The van der Waals surface area contributed by atoms with Crippen molar-refractivity contribution >= 4 is 11.6 Å². The van der Waals surface area contributed by atoms with Crippen molar-refractivity contribution in [1.29, 1.82) is 0 Å². The number of hydrogen-bond acceptors (Lipinski definition) is 2. The molecule has 6 heteroatoms. The second-order valence-electron chi connectivity index (χ2n) is 5.97. The summed E-state index contributed by atoms with van der Waals surface area (Å²) in [4.78, 5) is 12.0. The highest BCUT2D eigenvalue weighted by atomic mass is 19.3. The van der Waals surface area contributed by atoms with Gasteiger partial charge in [-0.1, -0.05) is 39.0 Å². The number of carbonyl (C=O) groups excluding carboxylic acids is 1. The van der Waals surface area contributed by atoms with Crippen molar-refractivity contribution in [2.45, 2.75) is 58.4 Å². The van der Waals surface area contributed by atoms with Crippen LogP contribution in [-0.2, 0) is 11.3 Å². The average Bonchev–Trinajstić information content (AvgIpc) is 2.85. The van der Waals surface area contributed by atoms with E-state index >= 15 is 0 Å². The van der Waals surface area contributed by atoms with E-state index in [-0.39, 0.29) is 5.91 Å². The third-order valence-electron chi connectivity index (χ3n) is 4.20. The van der Waals surface area contributed by atoms with Crippen LogP contribution in [-0.4, -0.2) is 22.1 Å². The lowest BCUT2D eigenvalue weighted by molar-refractivity contribution is -0.117. The van der Waals surface area contributed by atoms with Gasteiger partial charge >= 0.3 is 0 Å². The molecule has 1 unspecified atom stereocenters. The largest absolute Gasteiger partial charge is 0.323 e. The van der Waals surface area contributed by atoms with Gasteiger partial charge in [0, 0.05) is 12.6 Å². The molecule has 1 aromatic heterocycles. The molecule has 1 N–H and O–H groups in total. The molecule has 0 aromatic carbocycles. The Balaban J connectivity index is 1.79. The fraction of sp³-hybridized carbons (Fsp3) is 0.733. The van der Waals surface area contributed by atoms with E-state index in [0.717, 1.165) is 4.68 Å². The summed E-state index contributed by atoms with van der Waals surface area (Å²) in [6.07, 6.45) is 7.12. The third kappa shape index (κ3) is 5.10. The van der Waals surface area contributed by atoms with Crippen molar-refractivity contribution in [2.24, 2.45) is 11.8 Å². The van der Waals surface area contributed by atoms with E-state index in [4.69, 9.17) is 0 Å². The molecule has 0 aliphatic heterocycles. The number of rotatable bonds is 6. The summed E-state index contributed by atoms with van der Waals surface area (Å²) >= 11 is 0. The van der Waals surface area contributed by atoms with Crippen molar-refractivity contribution in [3.05, 3.63) is 12.4 Å². The van der Waals surface area contributed by atoms with Gasteiger partial charge in [0.15, 0.2) is 0 Å². The molecular weight excluding hydrogens is 276 g/mol. The predicted octanol–water partition coefficient (Wildman–Crippen LogP) is 3.69. The number of nitrogens with one attached hydrogen (secondary N) is 1. The molecule has 1 aromatic rings. The Labute approximate surface area is 123 Å². The molecule has 0 bridgehead atoms. The van der Waals surface area contributed by atoms with Gasteiger partial charge in [-0.15, -0.1) is 0 Å². The number of halogens is 2. The van der Waals surface area contributed by atoms with Crippen LogP contribution in [0.4, 0.5) is 14.5 Å². The molecule has 1 amide bonds. The summed E-state index contributed by atoms with van der Waals surface area (Å²) < 4.78 is 25.6. The first-order valence-electron chi connectivity index (χ1n) is 7.65. The molecule has 1 heterocycles. The molecule has 1 fully saturated rings. The number of carbonyl (C=O) groups is 1. The van der Waals surface area contributed by atoms with Crippen LogP contribution >= 0.6 is 0 Å². The molecule has 1 aliphatic rings. The summed E-state index contributed by atoms with van der Waals surface area (Å²) in [5.41, 5.74) is 0.483. The molecule has 0 radical (unpaired) electrons. The standard InChI is InChI=1S/C15H23F2N3O/c1-11(12-5-3-2-4-6-12)7-15(21)19-13-8-18-20(9-13)10-14(16)17/h8-9,11-12,14H,2-7,10H2,1H3,(H,19,21). The maximum Gasteiger partial charge on any atom is 0.257 e. The van der Waals surface area contributed by atoms with Crippen LogP contribution in [0.1, 0.15) is 45.4 Å². The van der Waals surface area contributed by atoms with Crippen LogP contribution in [0, 0.1) is 11.8 Å². The monoisotopic (exact) mass is 299 g/mol. The van der Waals surface area contributed by atoms with Crippen molar-refractivity contribution in [3.63, 3.8) is 0 Å². The Hall–Kier alpha value is -1.46. The molecule has 4 nitrogen and oxygen atoms in total. The van der Waals surface area contributed by atoms with Crippen LogP contribution in [0.2, 0.25) is 0 Å². The molecule has 2 rings (SSSR count). The fourth-order valence-corrected chi connectivity index (χ4v) is 3.04. The van der Waals surface area contributed by atoms with Crippen LogP contribution in [0.25, 0.3) is 0 Å². The van der Waals surface area contributed by atoms with Crippen molar-refractivity contribution in [3.8, 4) is 0 Å². The number of alkyl halides is 2. The van der Waals surface area contributed by atoms with Crippen molar-refractivity contribution in [1.82, 2.24) is 9.78 Å². The van der Waals surface area contributed by atoms with Gasteiger partial charge in [-0.3, -0.25) is 9.48 Å². The average molecular weight is 299 g/mol. The lowest BCUT2D eigenvalue weighted by Crippen LogP contribution is -2.21. The topological polar surface area (TPSA) is 46.9 Å². The number of anilines is 1. The van der Waals surface area contributed by atoms with Gasteiger partial charge < -0.3 is 5.32 Å². The van der Waals surface area contributed by atoms with E-state index in [1.165, 1.54) is 44.5 Å². The maximum absolute atomic E-state index is 12.2. The highest BCUT2D eigenvalue weighted by Crippen LogP contribution is 2.31. The van der Waals surface area contributed by atoms with Crippen LogP contribution in [0.5, 0.6) is 0 Å². The number of amides is 1. The van der Waals surface area contributed by atoms with Crippen LogP contribution in [0.3, 0.4) is 0 Å². The maximum atomic E-state index is 12.2. The molecule has 1 saturated carbocycles. The zero-order valence-electron chi connectivity index (χ0n) is 12.4. The summed E-state index contributed by atoms with van der Waals surface area (Å²) in [5.74, 6) is 0.928. The van der Waals surface area contributed by atoms with Gasteiger partial charge in [-0.2, -0.15) is 5.10 Å². The molecule has 0 spiro atoms. The van der Waals surface area contributed by atoms with Gasteiger partial charge in [0.2, 0.25) is 5.91 Å². The van der Waals surface area contributed by atoms with Crippen LogP contribution < -0.4 is 5.32 Å². The quantitative estimate of drug-likeness (QED) is 0.870. The number of aromatic nitrogens is 2. The van der Waals surface area contributed by atoms with E-state index in [1.807, 2.05) is 0 Å². The summed E-state index contributed by atoms with van der Waals surface area (Å²) in [6, 6.07) is 0. The van der Waals surface area contributed by atoms with Crippen molar-refractivity contribution < 1.29 is 13.6 Å². The number of hydrogen-bond donors (Lipinski definition) is 1. The third-order valence-corrected chi connectivity index (χ3v) is 4.20. The molecule has 0 saturated heterocycles. The molecule has 1 atom stereocenters. The lowest BCUT2D eigenvalue weighted by atomic mass is 9.79. The smallest absolute Gasteiger partial charge is 0.257 e. The first kappa shape index (κ1) is 15.9. The van der Waals surface area contributed by atoms with Gasteiger partial charge in [-0.25, -0.2) is 8.78 Å². The second kappa shape index (κ2) is 7.52. The summed E-state index contributed by atoms with van der Waals surface area (Å²) in [5, 5.41) is 6.54. The first-order valence-corrected chi connectivity index (χ1v) is 7.65. The molecule has 1 aliphatic carbocycles. The minimum atomic E-state index is -2.44. The van der Waals surface area contributed by atoms with E-state index < -0.39 is 13.0 Å². The Morgan fingerprint density at radius 3 is 2.81 bits per heavy atom. The Kier molecular flexibility index (Phi) is 5.70. The highest BCUT2D eigenvalue weighted by Gasteiger charge is 2.22. The van der Waals surface area contributed by atoms with Gasteiger partial charge in [0.1, 0.15) is 6.54 Å². The zero-order valence-corrected chi connectivity index (χ0v) is 12.4. The summed E-state index contributed by atoms with van der Waals surface area (Å²) in [6.45, 7) is 1.67. The van der Waals surface area contributed by atoms with E-state index in [1.54, 1.807) is 0 Å². The minimum Gasteiger partial charge on any atom is -0.323 e. The van der Waals surface area contributed by atoms with E-state index in [2.05, 4.69) is 17.3 Å². The van der Waals surface area contributed by atoms with Crippen LogP contribution in [0.15, 0.2) is 12.4 Å². The Bertz CT molecular complexity index is 456.